The predicted molar refractivity (Wildman–Crippen MR) is 43.8 cm³/mol. The SMILES string of the molecule is CC1(C)CCC(=O)C1CC(=O)O. The maximum absolute atomic E-state index is 11.3. The van der Waals surface area contributed by atoms with Crippen LogP contribution >= 0.6 is 0 Å². The van der Waals surface area contributed by atoms with Crippen LogP contribution in [0.2, 0.25) is 0 Å². The van der Waals surface area contributed by atoms with Gasteiger partial charge in [0.25, 0.3) is 0 Å². The summed E-state index contributed by atoms with van der Waals surface area (Å²) in [5, 5.41) is 8.57. The van der Waals surface area contributed by atoms with E-state index >= 15 is 0 Å². The van der Waals surface area contributed by atoms with E-state index < -0.39 is 5.97 Å². The summed E-state index contributed by atoms with van der Waals surface area (Å²) < 4.78 is 0. The van der Waals surface area contributed by atoms with Gasteiger partial charge in [0.05, 0.1) is 6.42 Å². The molecule has 1 unspecified atom stereocenters. The maximum Gasteiger partial charge on any atom is 0.304 e. The van der Waals surface area contributed by atoms with E-state index in [1.807, 2.05) is 13.8 Å². The van der Waals surface area contributed by atoms with Gasteiger partial charge in [0.15, 0.2) is 0 Å². The minimum Gasteiger partial charge on any atom is -0.481 e. The molecule has 1 fully saturated rings. The lowest BCUT2D eigenvalue weighted by Gasteiger charge is -2.23. The second-order valence-corrected chi connectivity index (χ2v) is 4.11. The fourth-order valence-electron chi connectivity index (χ4n) is 1.79. The number of rotatable bonds is 2. The van der Waals surface area contributed by atoms with Gasteiger partial charge >= 0.3 is 5.97 Å². The van der Waals surface area contributed by atoms with E-state index in [0.717, 1.165) is 6.42 Å². The summed E-state index contributed by atoms with van der Waals surface area (Å²) in [6, 6.07) is 0. The van der Waals surface area contributed by atoms with Gasteiger partial charge in [-0.25, -0.2) is 0 Å². The van der Waals surface area contributed by atoms with Gasteiger partial charge in [0.2, 0.25) is 0 Å². The molecule has 0 spiro atoms. The minimum atomic E-state index is -0.872. The van der Waals surface area contributed by atoms with Crippen LogP contribution in [-0.4, -0.2) is 16.9 Å². The Kier molecular flexibility index (Phi) is 2.22. The van der Waals surface area contributed by atoms with Crippen molar-refractivity contribution in [1.82, 2.24) is 0 Å². The highest BCUT2D eigenvalue weighted by atomic mass is 16.4. The lowest BCUT2D eigenvalue weighted by molar-refractivity contribution is -0.141. The number of carbonyl (C=O) groups excluding carboxylic acids is 1. The molecule has 1 aliphatic rings. The molecule has 1 aliphatic carbocycles. The summed E-state index contributed by atoms with van der Waals surface area (Å²) in [6.45, 7) is 3.93. The first kappa shape index (κ1) is 9.23. The quantitative estimate of drug-likeness (QED) is 0.682. The van der Waals surface area contributed by atoms with Crippen LogP contribution in [0.25, 0.3) is 0 Å². The third-order valence-corrected chi connectivity index (χ3v) is 2.73. The fourth-order valence-corrected chi connectivity index (χ4v) is 1.79. The molecule has 0 amide bonds. The molecule has 3 nitrogen and oxygen atoms in total. The molecule has 0 aromatic rings. The van der Waals surface area contributed by atoms with Crippen molar-refractivity contribution in [3.05, 3.63) is 0 Å². The zero-order valence-corrected chi connectivity index (χ0v) is 7.46. The summed E-state index contributed by atoms with van der Waals surface area (Å²) >= 11 is 0. The van der Waals surface area contributed by atoms with Crippen molar-refractivity contribution in [2.24, 2.45) is 11.3 Å². The Morgan fingerprint density at radius 1 is 1.67 bits per heavy atom. The van der Waals surface area contributed by atoms with Crippen LogP contribution in [-0.2, 0) is 9.59 Å². The molecule has 1 atom stereocenters. The predicted octanol–water partition coefficient (Wildman–Crippen LogP) is 1.47. The zero-order valence-electron chi connectivity index (χ0n) is 7.46. The van der Waals surface area contributed by atoms with Gasteiger partial charge in [0.1, 0.15) is 5.78 Å². The molecule has 68 valence electrons. The molecule has 0 heterocycles. The third kappa shape index (κ3) is 1.65. The van der Waals surface area contributed by atoms with Gasteiger partial charge in [-0.15, -0.1) is 0 Å². The summed E-state index contributed by atoms with van der Waals surface area (Å²) in [6.07, 6.45) is 1.36. The van der Waals surface area contributed by atoms with Gasteiger partial charge in [-0.1, -0.05) is 13.8 Å². The highest BCUT2D eigenvalue weighted by molar-refractivity contribution is 5.87. The largest absolute Gasteiger partial charge is 0.481 e. The van der Waals surface area contributed by atoms with Crippen LogP contribution in [0.15, 0.2) is 0 Å². The molecule has 1 rings (SSSR count). The number of aliphatic carboxylic acids is 1. The Morgan fingerprint density at radius 3 is 2.58 bits per heavy atom. The summed E-state index contributed by atoms with van der Waals surface area (Å²) in [5.74, 6) is -1.03. The van der Waals surface area contributed by atoms with Gasteiger partial charge < -0.3 is 5.11 Å². The number of hydrogen-bond donors (Lipinski definition) is 1. The van der Waals surface area contributed by atoms with Crippen LogP contribution in [0, 0.1) is 11.3 Å². The first-order valence-corrected chi connectivity index (χ1v) is 4.18. The number of hydrogen-bond acceptors (Lipinski definition) is 2. The van der Waals surface area contributed by atoms with Crippen LogP contribution in [0.3, 0.4) is 0 Å². The number of carboxylic acids is 1. The van der Waals surface area contributed by atoms with Crippen molar-refractivity contribution in [3.8, 4) is 0 Å². The van der Waals surface area contributed by atoms with Gasteiger partial charge in [-0.05, 0) is 11.8 Å². The molecule has 1 saturated carbocycles. The topological polar surface area (TPSA) is 54.4 Å². The number of carbonyl (C=O) groups is 2. The Balaban J connectivity index is 2.71. The monoisotopic (exact) mass is 170 g/mol. The Morgan fingerprint density at radius 2 is 2.25 bits per heavy atom. The van der Waals surface area contributed by atoms with E-state index in [1.54, 1.807) is 0 Å². The number of ketones is 1. The fraction of sp³-hybridized carbons (Fsp3) is 0.778. The Hall–Kier alpha value is -0.860. The molecular formula is C9H14O3. The van der Waals surface area contributed by atoms with Crippen molar-refractivity contribution < 1.29 is 14.7 Å². The summed E-state index contributed by atoms with van der Waals surface area (Å²) in [4.78, 5) is 21.7. The van der Waals surface area contributed by atoms with Crippen molar-refractivity contribution >= 4 is 11.8 Å². The number of carboxylic acid groups (broad SMARTS) is 1. The van der Waals surface area contributed by atoms with E-state index in [2.05, 4.69) is 0 Å². The molecule has 0 aromatic carbocycles. The van der Waals surface area contributed by atoms with E-state index in [-0.39, 0.29) is 23.5 Å². The molecule has 3 heteroatoms. The van der Waals surface area contributed by atoms with E-state index in [4.69, 9.17) is 5.11 Å². The molecule has 0 saturated heterocycles. The summed E-state index contributed by atoms with van der Waals surface area (Å²) in [5.41, 5.74) is -0.116. The van der Waals surface area contributed by atoms with Crippen LogP contribution in [0.5, 0.6) is 0 Å². The van der Waals surface area contributed by atoms with Crippen LogP contribution in [0.1, 0.15) is 33.1 Å². The molecule has 1 N–H and O–H groups in total. The average molecular weight is 170 g/mol. The third-order valence-electron chi connectivity index (χ3n) is 2.73. The van der Waals surface area contributed by atoms with Crippen LogP contribution in [0.4, 0.5) is 0 Å². The van der Waals surface area contributed by atoms with Crippen molar-refractivity contribution in [3.63, 3.8) is 0 Å². The first-order valence-electron chi connectivity index (χ1n) is 4.18. The molecule has 0 bridgehead atoms. The minimum absolute atomic E-state index is 0.00810. The van der Waals surface area contributed by atoms with Crippen molar-refractivity contribution in [2.45, 2.75) is 33.1 Å². The summed E-state index contributed by atoms with van der Waals surface area (Å²) in [7, 11) is 0. The molecule has 0 aliphatic heterocycles. The van der Waals surface area contributed by atoms with Gasteiger partial charge in [-0.2, -0.15) is 0 Å². The smallest absolute Gasteiger partial charge is 0.304 e. The molecule has 0 aromatic heterocycles. The zero-order chi connectivity index (χ0) is 9.35. The van der Waals surface area contributed by atoms with E-state index in [1.165, 1.54) is 0 Å². The molecular weight excluding hydrogens is 156 g/mol. The highest BCUT2D eigenvalue weighted by Gasteiger charge is 2.41. The average Bonchev–Trinajstić information content (AvgIpc) is 2.15. The Bertz CT molecular complexity index is 218. The van der Waals surface area contributed by atoms with E-state index in [9.17, 15) is 9.59 Å². The molecule has 12 heavy (non-hydrogen) atoms. The Labute approximate surface area is 71.8 Å². The second kappa shape index (κ2) is 2.88. The maximum atomic E-state index is 11.3. The second-order valence-electron chi connectivity index (χ2n) is 4.11. The standard InChI is InChI=1S/C9H14O3/c1-9(2)4-3-7(10)6(9)5-8(11)12/h6H,3-5H2,1-2H3,(H,11,12). The normalized spacial score (nSPS) is 27.5. The van der Waals surface area contributed by atoms with Gasteiger partial charge in [0, 0.05) is 12.3 Å². The van der Waals surface area contributed by atoms with Gasteiger partial charge in [-0.3, -0.25) is 9.59 Å². The number of Topliss-reactive ketones (excluding diaryl/α,β-unsaturated/α-hetero) is 1. The van der Waals surface area contributed by atoms with Crippen molar-refractivity contribution in [1.29, 1.82) is 0 Å². The molecule has 0 radical (unpaired) electrons. The lowest BCUT2D eigenvalue weighted by Crippen LogP contribution is -2.24. The van der Waals surface area contributed by atoms with Crippen molar-refractivity contribution in [2.75, 3.05) is 0 Å². The lowest BCUT2D eigenvalue weighted by atomic mass is 9.80. The van der Waals surface area contributed by atoms with Crippen LogP contribution < -0.4 is 0 Å². The highest BCUT2D eigenvalue weighted by Crippen LogP contribution is 2.41. The first-order chi connectivity index (χ1) is 5.43. The van der Waals surface area contributed by atoms with E-state index in [0.29, 0.717) is 6.42 Å².